The second-order valence-electron chi connectivity index (χ2n) is 7.97. The molecule has 3 rings (SSSR count). The normalized spacial score (nSPS) is 19.0. The molecule has 1 aliphatic carbocycles. The van der Waals surface area contributed by atoms with Crippen molar-refractivity contribution in [3.63, 3.8) is 0 Å². The fourth-order valence-electron chi connectivity index (χ4n) is 3.86. The number of aryl methyl sites for hydroxylation is 2. The number of nitrogens with zero attached hydrogens (tertiary/aromatic N) is 3. The smallest absolute Gasteiger partial charge is 0.329 e. The maximum Gasteiger partial charge on any atom is 0.329 e. The Morgan fingerprint density at radius 2 is 1.90 bits per heavy atom. The van der Waals surface area contributed by atoms with Gasteiger partial charge in [-0.1, -0.05) is 23.8 Å². The van der Waals surface area contributed by atoms with Gasteiger partial charge in [0, 0.05) is 13.1 Å². The summed E-state index contributed by atoms with van der Waals surface area (Å²) in [4.78, 5) is 19.4. The summed E-state index contributed by atoms with van der Waals surface area (Å²) < 4.78 is 0. The Hall–Kier alpha value is -2.74. The van der Waals surface area contributed by atoms with E-state index in [9.17, 15) is 10.1 Å². The SMILES string of the molecule is Cc1ccc(CNc2ncc([N+](=O)[O-])c(NCC3CCC(CN)CC3)n2)c(C)c1. The molecule has 1 heterocycles. The summed E-state index contributed by atoms with van der Waals surface area (Å²) in [6.07, 6.45) is 5.69. The molecule has 1 aromatic carbocycles. The first-order valence-corrected chi connectivity index (χ1v) is 10.2. The standard InChI is InChI=1S/C21H30N6O2/c1-14-3-8-18(15(2)9-14)12-24-21-25-13-19(27(28)29)20(26-21)23-11-17-6-4-16(10-22)5-7-17/h3,8-9,13,16-17H,4-7,10-12,22H2,1-2H3,(H2,23,24,25,26). The van der Waals surface area contributed by atoms with Gasteiger partial charge in [0.05, 0.1) is 4.92 Å². The van der Waals surface area contributed by atoms with Gasteiger partial charge in [-0.15, -0.1) is 0 Å². The molecule has 0 saturated heterocycles. The number of anilines is 2. The van der Waals surface area contributed by atoms with Crippen molar-refractivity contribution in [2.24, 2.45) is 17.6 Å². The number of nitrogens with one attached hydrogen (secondary N) is 2. The lowest BCUT2D eigenvalue weighted by Crippen LogP contribution is -2.25. The summed E-state index contributed by atoms with van der Waals surface area (Å²) in [5.41, 5.74) is 9.20. The van der Waals surface area contributed by atoms with E-state index in [2.05, 4.69) is 52.6 Å². The molecule has 29 heavy (non-hydrogen) atoms. The van der Waals surface area contributed by atoms with Crippen LogP contribution in [0.3, 0.4) is 0 Å². The molecule has 8 heteroatoms. The van der Waals surface area contributed by atoms with E-state index in [1.807, 2.05) is 0 Å². The molecule has 0 aliphatic heterocycles. The molecule has 0 amide bonds. The van der Waals surface area contributed by atoms with Gasteiger partial charge < -0.3 is 16.4 Å². The van der Waals surface area contributed by atoms with Gasteiger partial charge in [0.25, 0.3) is 0 Å². The Morgan fingerprint density at radius 1 is 1.17 bits per heavy atom. The van der Waals surface area contributed by atoms with Crippen molar-refractivity contribution in [1.29, 1.82) is 0 Å². The molecule has 0 bridgehead atoms. The van der Waals surface area contributed by atoms with Crippen LogP contribution in [0.4, 0.5) is 17.5 Å². The predicted molar refractivity (Wildman–Crippen MR) is 115 cm³/mol. The maximum atomic E-state index is 11.4. The molecular formula is C21H30N6O2. The van der Waals surface area contributed by atoms with Crippen LogP contribution >= 0.6 is 0 Å². The molecule has 2 aromatic rings. The number of nitrogens with two attached hydrogens (primary N) is 1. The molecule has 156 valence electrons. The minimum atomic E-state index is -0.443. The third-order valence-electron chi connectivity index (χ3n) is 5.76. The van der Waals surface area contributed by atoms with Gasteiger partial charge in [-0.25, -0.2) is 4.98 Å². The van der Waals surface area contributed by atoms with E-state index in [1.165, 1.54) is 17.3 Å². The van der Waals surface area contributed by atoms with Crippen LogP contribution in [-0.4, -0.2) is 28.0 Å². The minimum absolute atomic E-state index is 0.0993. The highest BCUT2D eigenvalue weighted by atomic mass is 16.6. The molecular weight excluding hydrogens is 368 g/mol. The van der Waals surface area contributed by atoms with Crippen molar-refractivity contribution in [2.75, 3.05) is 23.7 Å². The topological polar surface area (TPSA) is 119 Å². The van der Waals surface area contributed by atoms with Gasteiger partial charge in [-0.3, -0.25) is 10.1 Å². The first-order valence-electron chi connectivity index (χ1n) is 10.2. The van der Waals surface area contributed by atoms with E-state index in [0.717, 1.165) is 37.8 Å². The van der Waals surface area contributed by atoms with Gasteiger partial charge in [-0.2, -0.15) is 4.98 Å². The Balaban J connectivity index is 1.65. The number of nitro groups is 1. The molecule has 0 spiro atoms. The second kappa shape index (κ2) is 9.65. The zero-order valence-electron chi connectivity index (χ0n) is 17.1. The first-order chi connectivity index (χ1) is 14.0. The van der Waals surface area contributed by atoms with Gasteiger partial charge in [-0.05, 0) is 69.0 Å². The Morgan fingerprint density at radius 3 is 2.55 bits per heavy atom. The molecule has 1 aromatic heterocycles. The summed E-state index contributed by atoms with van der Waals surface area (Å²) >= 11 is 0. The fraction of sp³-hybridized carbons (Fsp3) is 0.524. The Labute approximate surface area is 171 Å². The van der Waals surface area contributed by atoms with Crippen molar-refractivity contribution in [1.82, 2.24) is 9.97 Å². The van der Waals surface area contributed by atoms with Crippen LogP contribution in [0.1, 0.15) is 42.4 Å². The van der Waals surface area contributed by atoms with Crippen molar-refractivity contribution in [3.8, 4) is 0 Å². The highest BCUT2D eigenvalue weighted by molar-refractivity contribution is 5.57. The van der Waals surface area contributed by atoms with E-state index in [4.69, 9.17) is 5.73 Å². The van der Waals surface area contributed by atoms with Crippen LogP contribution in [0.5, 0.6) is 0 Å². The maximum absolute atomic E-state index is 11.4. The Bertz CT molecular complexity index is 849. The van der Waals surface area contributed by atoms with Gasteiger partial charge in [0.2, 0.25) is 11.8 Å². The lowest BCUT2D eigenvalue weighted by molar-refractivity contribution is -0.384. The zero-order valence-corrected chi connectivity index (χ0v) is 17.1. The zero-order chi connectivity index (χ0) is 20.8. The quantitative estimate of drug-likeness (QED) is 0.457. The van der Waals surface area contributed by atoms with Crippen LogP contribution in [0, 0.1) is 35.8 Å². The third-order valence-corrected chi connectivity index (χ3v) is 5.76. The van der Waals surface area contributed by atoms with Crippen molar-refractivity contribution < 1.29 is 4.92 Å². The summed E-state index contributed by atoms with van der Waals surface area (Å²) in [7, 11) is 0. The van der Waals surface area contributed by atoms with Crippen LogP contribution in [0.15, 0.2) is 24.4 Å². The largest absolute Gasteiger partial charge is 0.364 e. The predicted octanol–water partition coefficient (Wildman–Crippen LogP) is 3.79. The van der Waals surface area contributed by atoms with Crippen LogP contribution in [-0.2, 0) is 6.54 Å². The van der Waals surface area contributed by atoms with Gasteiger partial charge >= 0.3 is 5.69 Å². The summed E-state index contributed by atoms with van der Waals surface area (Å²) in [6, 6.07) is 6.26. The molecule has 1 aliphatic rings. The molecule has 1 saturated carbocycles. The van der Waals surface area contributed by atoms with Crippen LogP contribution in [0.25, 0.3) is 0 Å². The van der Waals surface area contributed by atoms with E-state index >= 15 is 0 Å². The third kappa shape index (κ3) is 5.63. The Kier molecular flexibility index (Phi) is 6.98. The van der Waals surface area contributed by atoms with Crippen molar-refractivity contribution in [3.05, 3.63) is 51.2 Å². The van der Waals surface area contributed by atoms with E-state index < -0.39 is 4.92 Å². The highest BCUT2D eigenvalue weighted by Crippen LogP contribution is 2.29. The summed E-state index contributed by atoms with van der Waals surface area (Å²) in [6.45, 7) is 6.10. The molecule has 4 N–H and O–H groups in total. The van der Waals surface area contributed by atoms with Gasteiger partial charge in [0.1, 0.15) is 6.20 Å². The van der Waals surface area contributed by atoms with Crippen LogP contribution in [0.2, 0.25) is 0 Å². The molecule has 0 unspecified atom stereocenters. The van der Waals surface area contributed by atoms with E-state index in [-0.39, 0.29) is 11.5 Å². The van der Waals surface area contributed by atoms with E-state index in [1.54, 1.807) is 0 Å². The molecule has 0 radical (unpaired) electrons. The van der Waals surface area contributed by atoms with Gasteiger partial charge in [0.15, 0.2) is 0 Å². The lowest BCUT2D eigenvalue weighted by Gasteiger charge is -2.27. The number of hydrogen-bond acceptors (Lipinski definition) is 7. The fourth-order valence-corrected chi connectivity index (χ4v) is 3.86. The second-order valence-corrected chi connectivity index (χ2v) is 7.97. The first kappa shape index (κ1) is 21.0. The van der Waals surface area contributed by atoms with Crippen LogP contribution < -0.4 is 16.4 Å². The minimum Gasteiger partial charge on any atom is -0.364 e. The molecule has 0 atom stereocenters. The van der Waals surface area contributed by atoms with Crippen molar-refractivity contribution in [2.45, 2.75) is 46.1 Å². The van der Waals surface area contributed by atoms with E-state index in [0.29, 0.717) is 30.9 Å². The summed E-state index contributed by atoms with van der Waals surface area (Å²) in [5, 5.41) is 17.7. The monoisotopic (exact) mass is 398 g/mol. The average Bonchev–Trinajstić information content (AvgIpc) is 2.72. The number of aromatic nitrogens is 2. The average molecular weight is 399 g/mol. The highest BCUT2D eigenvalue weighted by Gasteiger charge is 2.22. The number of rotatable bonds is 8. The van der Waals surface area contributed by atoms with Crippen molar-refractivity contribution >= 4 is 17.5 Å². The molecule has 8 nitrogen and oxygen atoms in total. The summed E-state index contributed by atoms with van der Waals surface area (Å²) in [5.74, 6) is 1.75. The lowest BCUT2D eigenvalue weighted by atomic mass is 9.82. The number of hydrogen-bond donors (Lipinski definition) is 3. The molecule has 1 fully saturated rings. The number of benzene rings is 1.